The van der Waals surface area contributed by atoms with Gasteiger partial charge in [-0.1, -0.05) is 5.92 Å². The molecule has 26 heavy (non-hydrogen) atoms. The molecular formula is C18H17N5O2S. The summed E-state index contributed by atoms with van der Waals surface area (Å²) in [6, 6.07) is 5.54. The summed E-state index contributed by atoms with van der Waals surface area (Å²) in [6.45, 7) is -0.327. The van der Waals surface area contributed by atoms with Crippen LogP contribution in [0.5, 0.6) is 0 Å². The molecule has 7 nitrogen and oxygen atoms in total. The molecule has 0 radical (unpaired) electrons. The van der Waals surface area contributed by atoms with Gasteiger partial charge in [0, 0.05) is 23.1 Å². The highest BCUT2D eigenvalue weighted by atomic mass is 32.1. The first-order valence-corrected chi connectivity index (χ1v) is 9.04. The first kappa shape index (κ1) is 16.7. The van der Waals surface area contributed by atoms with E-state index in [1.807, 2.05) is 12.1 Å². The highest BCUT2D eigenvalue weighted by molar-refractivity contribution is 7.15. The van der Waals surface area contributed by atoms with E-state index in [0.29, 0.717) is 28.0 Å². The summed E-state index contributed by atoms with van der Waals surface area (Å²) in [5.41, 5.74) is 1.59. The second-order valence-electron chi connectivity index (χ2n) is 6.11. The topological polar surface area (TPSA) is 107 Å². The predicted octanol–water partition coefficient (Wildman–Crippen LogP) is 2.56. The normalized spacial score (nSPS) is 14.8. The number of nitrogens with one attached hydrogen (secondary N) is 2. The van der Waals surface area contributed by atoms with Gasteiger partial charge in [-0.05, 0) is 25.0 Å². The van der Waals surface area contributed by atoms with Crippen LogP contribution in [-0.4, -0.2) is 37.0 Å². The number of rotatable bonds is 6. The lowest BCUT2D eigenvalue weighted by Gasteiger charge is -2.07. The molecule has 4 N–H and O–H groups in total. The van der Waals surface area contributed by atoms with Gasteiger partial charge in [0.2, 0.25) is 0 Å². The Kier molecular flexibility index (Phi) is 4.42. The van der Waals surface area contributed by atoms with Crippen molar-refractivity contribution >= 4 is 23.0 Å². The van der Waals surface area contributed by atoms with E-state index >= 15 is 0 Å². The van der Waals surface area contributed by atoms with Crippen LogP contribution in [0, 0.1) is 12.3 Å². The van der Waals surface area contributed by atoms with E-state index in [0.717, 1.165) is 16.4 Å². The highest BCUT2D eigenvalue weighted by Crippen LogP contribution is 2.39. The second-order valence-corrected chi connectivity index (χ2v) is 7.22. The number of terminal acetylenes is 1. The smallest absolute Gasteiger partial charge is 0.171 e. The zero-order chi connectivity index (χ0) is 18.1. The van der Waals surface area contributed by atoms with Crippen LogP contribution in [-0.2, 0) is 0 Å². The first-order valence-electron chi connectivity index (χ1n) is 8.23. The van der Waals surface area contributed by atoms with Crippen molar-refractivity contribution < 1.29 is 10.2 Å². The lowest BCUT2D eigenvalue weighted by molar-refractivity contribution is 0.0984. The van der Waals surface area contributed by atoms with Crippen LogP contribution in [0.25, 0.3) is 10.7 Å². The molecule has 0 amide bonds. The quantitative estimate of drug-likeness (QED) is 0.499. The van der Waals surface area contributed by atoms with Crippen molar-refractivity contribution in [3.05, 3.63) is 40.5 Å². The molecular weight excluding hydrogens is 350 g/mol. The molecule has 0 aromatic carbocycles. The largest absolute Gasteiger partial charge is 0.393 e. The number of aromatic amines is 1. The third kappa shape index (κ3) is 3.32. The summed E-state index contributed by atoms with van der Waals surface area (Å²) in [5.74, 6) is 4.87. The van der Waals surface area contributed by atoms with Gasteiger partial charge in [-0.3, -0.25) is 5.10 Å². The maximum absolute atomic E-state index is 9.74. The summed E-state index contributed by atoms with van der Waals surface area (Å²) in [7, 11) is 0. The number of anilines is 2. The maximum atomic E-state index is 9.74. The molecule has 1 fully saturated rings. The molecule has 0 bridgehead atoms. The van der Waals surface area contributed by atoms with Crippen molar-refractivity contribution in [2.45, 2.75) is 24.9 Å². The fraction of sp³-hybridized carbons (Fsp3) is 0.278. The van der Waals surface area contributed by atoms with Gasteiger partial charge < -0.3 is 15.5 Å². The molecule has 1 aliphatic carbocycles. The van der Waals surface area contributed by atoms with Crippen molar-refractivity contribution in [3.63, 3.8) is 0 Å². The fourth-order valence-electron chi connectivity index (χ4n) is 2.56. The molecule has 1 atom stereocenters. The molecule has 1 saturated carbocycles. The third-order valence-electron chi connectivity index (χ3n) is 4.14. The number of nitrogens with zero attached hydrogens (tertiary/aromatic N) is 3. The average molecular weight is 367 g/mol. The number of aromatic nitrogens is 4. The Morgan fingerprint density at radius 2 is 2.27 bits per heavy atom. The fourth-order valence-corrected chi connectivity index (χ4v) is 3.49. The van der Waals surface area contributed by atoms with Gasteiger partial charge in [-0.15, -0.1) is 17.8 Å². The molecule has 1 aliphatic rings. The van der Waals surface area contributed by atoms with Crippen molar-refractivity contribution in [1.29, 1.82) is 0 Å². The van der Waals surface area contributed by atoms with E-state index in [-0.39, 0.29) is 6.61 Å². The van der Waals surface area contributed by atoms with E-state index in [1.165, 1.54) is 24.2 Å². The maximum Gasteiger partial charge on any atom is 0.171 e. The summed E-state index contributed by atoms with van der Waals surface area (Å²) in [5, 5.41) is 29.3. The molecule has 0 aliphatic heterocycles. The standard InChI is InChI=1S/C18H17N5O2S/c1-2-10-8-19-18(15-6-5-14(26-15)13(25)9-24)21-17(10)20-16-7-12(22-23-16)11-3-4-11/h1,5-8,11,13,24-25H,3-4,9H2,(H2,19,20,21,22,23). The van der Waals surface area contributed by atoms with Gasteiger partial charge in [0.05, 0.1) is 22.7 Å². The minimum atomic E-state index is -0.901. The Morgan fingerprint density at radius 3 is 3.00 bits per heavy atom. The van der Waals surface area contributed by atoms with Crippen molar-refractivity contribution in [2.75, 3.05) is 11.9 Å². The van der Waals surface area contributed by atoms with Gasteiger partial charge in [0.1, 0.15) is 11.9 Å². The highest BCUT2D eigenvalue weighted by Gasteiger charge is 2.26. The lowest BCUT2D eigenvalue weighted by atomic mass is 10.3. The van der Waals surface area contributed by atoms with Gasteiger partial charge in [0.25, 0.3) is 0 Å². The SMILES string of the molecule is C#Cc1cnc(-c2ccc(C(O)CO)s2)nc1Nc1cc(C2CC2)n[nH]1. The van der Waals surface area contributed by atoms with E-state index in [9.17, 15) is 5.11 Å². The molecule has 1 unspecified atom stereocenters. The van der Waals surface area contributed by atoms with Crippen molar-refractivity contribution in [3.8, 4) is 23.0 Å². The molecule has 132 valence electrons. The van der Waals surface area contributed by atoms with Crippen LogP contribution in [0.1, 0.15) is 41.0 Å². The molecule has 3 aromatic rings. The van der Waals surface area contributed by atoms with Crippen LogP contribution >= 0.6 is 11.3 Å². The molecule has 8 heteroatoms. The number of thiophene rings is 1. The summed E-state index contributed by atoms with van der Waals surface area (Å²) in [6.07, 6.45) is 8.61. The number of hydrogen-bond donors (Lipinski definition) is 4. The summed E-state index contributed by atoms with van der Waals surface area (Å²) in [4.78, 5) is 10.3. The monoisotopic (exact) mass is 367 g/mol. The third-order valence-corrected chi connectivity index (χ3v) is 5.32. The zero-order valence-corrected chi connectivity index (χ0v) is 14.6. The summed E-state index contributed by atoms with van der Waals surface area (Å²) >= 11 is 1.33. The van der Waals surface area contributed by atoms with E-state index in [1.54, 1.807) is 12.3 Å². The number of aliphatic hydroxyl groups is 2. The lowest BCUT2D eigenvalue weighted by Crippen LogP contribution is -2.00. The Labute approximate surface area is 154 Å². The van der Waals surface area contributed by atoms with Gasteiger partial charge in [0.15, 0.2) is 11.6 Å². The molecule has 3 heterocycles. The molecule has 0 spiro atoms. The van der Waals surface area contributed by atoms with Crippen molar-refractivity contribution in [2.24, 2.45) is 0 Å². The Hall–Kier alpha value is -2.73. The minimum absolute atomic E-state index is 0.327. The van der Waals surface area contributed by atoms with Gasteiger partial charge in [-0.2, -0.15) is 5.10 Å². The molecule has 3 aromatic heterocycles. The van der Waals surface area contributed by atoms with Crippen LogP contribution in [0.4, 0.5) is 11.6 Å². The van der Waals surface area contributed by atoms with E-state index < -0.39 is 6.10 Å². The van der Waals surface area contributed by atoms with Crippen LogP contribution in [0.2, 0.25) is 0 Å². The molecule has 0 saturated heterocycles. The van der Waals surface area contributed by atoms with E-state index in [4.69, 9.17) is 11.5 Å². The van der Waals surface area contributed by atoms with E-state index in [2.05, 4.69) is 31.4 Å². The van der Waals surface area contributed by atoms with Gasteiger partial charge >= 0.3 is 0 Å². The zero-order valence-electron chi connectivity index (χ0n) is 13.8. The second kappa shape index (κ2) is 6.88. The average Bonchev–Trinajstić information content (AvgIpc) is 3.21. The van der Waals surface area contributed by atoms with Crippen LogP contribution in [0.3, 0.4) is 0 Å². The van der Waals surface area contributed by atoms with Gasteiger partial charge in [-0.25, -0.2) is 9.97 Å². The summed E-state index contributed by atoms with van der Waals surface area (Å²) < 4.78 is 0. The van der Waals surface area contributed by atoms with Crippen LogP contribution in [0.15, 0.2) is 24.4 Å². The Morgan fingerprint density at radius 1 is 1.42 bits per heavy atom. The number of hydrogen-bond acceptors (Lipinski definition) is 7. The predicted molar refractivity (Wildman–Crippen MR) is 99.2 cm³/mol. The van der Waals surface area contributed by atoms with Crippen LogP contribution < -0.4 is 5.32 Å². The minimum Gasteiger partial charge on any atom is -0.393 e. The first-order chi connectivity index (χ1) is 12.7. The number of H-pyrrole nitrogens is 1. The van der Waals surface area contributed by atoms with Crippen molar-refractivity contribution in [1.82, 2.24) is 20.2 Å². The number of aliphatic hydroxyl groups excluding tert-OH is 2. The Bertz CT molecular complexity index is 970. The molecule has 4 rings (SSSR count). The Balaban J connectivity index is 1.62.